The van der Waals surface area contributed by atoms with E-state index in [1.165, 1.54) is 30.9 Å². The standard InChI is InChI=1S/C19H30O7S/c1-3-5-6-7-8-16-9-11-18(12-10-16)24-14-19(13-17(20)4-2)25-15-26-27(21,22)23/h4,9-12,17,19-20H,2-3,5-8,13-15H2,1H3,(H,21,22,23). The quantitative estimate of drug-likeness (QED) is 0.201. The van der Waals surface area contributed by atoms with E-state index in [9.17, 15) is 13.5 Å². The monoisotopic (exact) mass is 402 g/mol. The van der Waals surface area contributed by atoms with Crippen molar-refractivity contribution in [3.05, 3.63) is 42.5 Å². The topological polar surface area (TPSA) is 102 Å². The van der Waals surface area contributed by atoms with Gasteiger partial charge in [0.2, 0.25) is 0 Å². The minimum atomic E-state index is -4.59. The maximum absolute atomic E-state index is 10.6. The molecule has 1 rings (SSSR count). The number of benzene rings is 1. The average Bonchev–Trinajstić information content (AvgIpc) is 2.63. The molecular weight excluding hydrogens is 372 g/mol. The lowest BCUT2D eigenvalue weighted by atomic mass is 10.1. The number of hydrogen-bond donors (Lipinski definition) is 2. The summed E-state index contributed by atoms with van der Waals surface area (Å²) in [6.45, 7) is 5.08. The van der Waals surface area contributed by atoms with Crippen molar-refractivity contribution in [2.24, 2.45) is 0 Å². The Balaban J connectivity index is 2.48. The van der Waals surface area contributed by atoms with Crippen LogP contribution in [0.4, 0.5) is 0 Å². The summed E-state index contributed by atoms with van der Waals surface area (Å²) in [6.07, 6.45) is 5.89. The Morgan fingerprint density at radius 2 is 1.89 bits per heavy atom. The average molecular weight is 403 g/mol. The van der Waals surface area contributed by atoms with E-state index in [0.717, 1.165) is 12.8 Å². The Labute approximate surface area is 161 Å². The number of hydrogen-bond acceptors (Lipinski definition) is 6. The van der Waals surface area contributed by atoms with Crippen molar-refractivity contribution in [3.63, 3.8) is 0 Å². The lowest BCUT2D eigenvalue weighted by molar-refractivity contribution is -0.0662. The van der Waals surface area contributed by atoms with Crippen LogP contribution in [-0.2, 0) is 25.7 Å². The Hall–Kier alpha value is -1.45. The van der Waals surface area contributed by atoms with Crippen LogP contribution in [-0.4, -0.2) is 43.7 Å². The van der Waals surface area contributed by atoms with Gasteiger partial charge in [-0.15, -0.1) is 6.58 Å². The molecule has 0 aromatic heterocycles. The SMILES string of the molecule is C=CC(O)CC(COc1ccc(CCCCCC)cc1)OCOS(=O)(=O)O. The second-order valence-corrected chi connectivity index (χ2v) is 7.35. The van der Waals surface area contributed by atoms with E-state index < -0.39 is 29.4 Å². The fourth-order valence-corrected chi connectivity index (χ4v) is 2.61. The lowest BCUT2D eigenvalue weighted by Crippen LogP contribution is -2.27. The van der Waals surface area contributed by atoms with Crippen LogP contribution in [0.1, 0.15) is 44.6 Å². The van der Waals surface area contributed by atoms with Gasteiger partial charge >= 0.3 is 10.4 Å². The number of aliphatic hydroxyl groups excluding tert-OH is 1. The lowest BCUT2D eigenvalue weighted by Gasteiger charge is -2.19. The molecule has 27 heavy (non-hydrogen) atoms. The smallest absolute Gasteiger partial charge is 0.399 e. The fraction of sp³-hybridized carbons (Fsp3) is 0.579. The second-order valence-electron chi connectivity index (χ2n) is 6.26. The van der Waals surface area contributed by atoms with Crippen LogP contribution in [0, 0.1) is 0 Å². The molecule has 1 aromatic rings. The Morgan fingerprint density at radius 1 is 1.19 bits per heavy atom. The van der Waals surface area contributed by atoms with Gasteiger partial charge in [0.05, 0.1) is 12.2 Å². The zero-order chi connectivity index (χ0) is 20.1. The van der Waals surface area contributed by atoms with E-state index >= 15 is 0 Å². The maximum atomic E-state index is 10.6. The molecule has 0 fully saturated rings. The van der Waals surface area contributed by atoms with E-state index in [0.29, 0.717) is 5.75 Å². The molecule has 0 radical (unpaired) electrons. The molecule has 2 atom stereocenters. The van der Waals surface area contributed by atoms with Crippen LogP contribution in [0.2, 0.25) is 0 Å². The van der Waals surface area contributed by atoms with E-state index in [-0.39, 0.29) is 13.0 Å². The zero-order valence-electron chi connectivity index (χ0n) is 15.7. The molecule has 0 spiro atoms. The molecule has 154 valence electrons. The Bertz CT molecular complexity index is 628. The van der Waals surface area contributed by atoms with Gasteiger partial charge in [-0.25, -0.2) is 4.18 Å². The van der Waals surface area contributed by atoms with Crippen LogP contribution >= 0.6 is 0 Å². The van der Waals surface area contributed by atoms with Crippen molar-refractivity contribution in [2.45, 2.75) is 57.7 Å². The first kappa shape index (κ1) is 23.6. The van der Waals surface area contributed by atoms with Crippen LogP contribution in [0.25, 0.3) is 0 Å². The van der Waals surface area contributed by atoms with Gasteiger partial charge < -0.3 is 14.6 Å². The van der Waals surface area contributed by atoms with E-state index in [4.69, 9.17) is 14.0 Å². The number of aryl methyl sites for hydroxylation is 1. The van der Waals surface area contributed by atoms with E-state index in [1.54, 1.807) is 0 Å². The molecule has 2 N–H and O–H groups in total. The van der Waals surface area contributed by atoms with Crippen molar-refractivity contribution in [1.29, 1.82) is 0 Å². The summed E-state index contributed by atoms with van der Waals surface area (Å²) in [4.78, 5) is 0. The van der Waals surface area contributed by atoms with Gasteiger partial charge in [-0.3, -0.25) is 4.55 Å². The third kappa shape index (κ3) is 11.8. The summed E-state index contributed by atoms with van der Waals surface area (Å²) in [5.74, 6) is 0.643. The molecule has 0 aliphatic heterocycles. The number of rotatable bonds is 15. The molecule has 0 saturated carbocycles. The third-order valence-corrected chi connectivity index (χ3v) is 4.35. The minimum Gasteiger partial charge on any atom is -0.491 e. The van der Waals surface area contributed by atoms with Crippen molar-refractivity contribution < 1.29 is 31.7 Å². The molecule has 0 bridgehead atoms. The van der Waals surface area contributed by atoms with Gasteiger partial charge in [0.1, 0.15) is 12.4 Å². The summed E-state index contributed by atoms with van der Waals surface area (Å²) in [7, 11) is -4.59. The molecule has 7 nitrogen and oxygen atoms in total. The first-order valence-corrected chi connectivity index (χ1v) is 10.5. The highest BCUT2D eigenvalue weighted by Gasteiger charge is 2.16. The first-order valence-electron chi connectivity index (χ1n) is 9.09. The highest BCUT2D eigenvalue weighted by Crippen LogP contribution is 2.16. The minimum absolute atomic E-state index is 0.0790. The van der Waals surface area contributed by atoms with Crippen LogP contribution in [0.15, 0.2) is 36.9 Å². The molecule has 2 unspecified atom stereocenters. The predicted molar refractivity (Wildman–Crippen MR) is 103 cm³/mol. The van der Waals surface area contributed by atoms with Crippen molar-refractivity contribution in [3.8, 4) is 5.75 Å². The van der Waals surface area contributed by atoms with Crippen LogP contribution in [0.3, 0.4) is 0 Å². The molecular formula is C19H30O7S. The highest BCUT2D eigenvalue weighted by molar-refractivity contribution is 7.80. The summed E-state index contributed by atoms with van der Waals surface area (Å²) in [5.41, 5.74) is 1.25. The van der Waals surface area contributed by atoms with Gasteiger partial charge in [-0.05, 0) is 30.5 Å². The van der Waals surface area contributed by atoms with Gasteiger partial charge in [0.25, 0.3) is 0 Å². The van der Waals surface area contributed by atoms with E-state index in [2.05, 4.69) is 17.7 Å². The Kier molecular flexibility index (Phi) is 11.2. The molecule has 0 aliphatic carbocycles. The van der Waals surface area contributed by atoms with Crippen LogP contribution in [0.5, 0.6) is 5.75 Å². The first-order chi connectivity index (χ1) is 12.8. The van der Waals surface area contributed by atoms with Gasteiger partial charge in [-0.1, -0.05) is 44.4 Å². The molecule has 0 heterocycles. The molecule has 0 aliphatic rings. The van der Waals surface area contributed by atoms with Crippen molar-refractivity contribution >= 4 is 10.4 Å². The second kappa shape index (κ2) is 12.9. The predicted octanol–water partition coefficient (Wildman–Crippen LogP) is 3.29. The summed E-state index contributed by atoms with van der Waals surface area (Å²) < 4.78 is 44.7. The maximum Gasteiger partial charge on any atom is 0.399 e. The molecule has 1 aromatic carbocycles. The Morgan fingerprint density at radius 3 is 2.48 bits per heavy atom. The summed E-state index contributed by atoms with van der Waals surface area (Å²) >= 11 is 0. The summed E-state index contributed by atoms with van der Waals surface area (Å²) in [5, 5.41) is 9.68. The summed E-state index contributed by atoms with van der Waals surface area (Å²) in [6, 6.07) is 7.75. The van der Waals surface area contributed by atoms with Gasteiger partial charge in [0, 0.05) is 6.42 Å². The zero-order valence-corrected chi connectivity index (χ0v) is 16.6. The van der Waals surface area contributed by atoms with Gasteiger partial charge in [0.15, 0.2) is 6.79 Å². The third-order valence-electron chi connectivity index (χ3n) is 3.96. The molecule has 0 saturated heterocycles. The van der Waals surface area contributed by atoms with Crippen molar-refractivity contribution in [2.75, 3.05) is 13.4 Å². The number of ether oxygens (including phenoxy) is 2. The normalized spacial score (nSPS) is 13.9. The number of unbranched alkanes of at least 4 members (excludes halogenated alkanes) is 3. The van der Waals surface area contributed by atoms with E-state index in [1.807, 2.05) is 24.3 Å². The number of aliphatic hydroxyl groups is 1. The largest absolute Gasteiger partial charge is 0.491 e. The van der Waals surface area contributed by atoms with Crippen LogP contribution < -0.4 is 4.74 Å². The fourth-order valence-electron chi connectivity index (χ4n) is 2.43. The van der Waals surface area contributed by atoms with Crippen molar-refractivity contribution in [1.82, 2.24) is 0 Å². The molecule has 8 heteroatoms. The van der Waals surface area contributed by atoms with Gasteiger partial charge in [-0.2, -0.15) is 8.42 Å². The molecule has 0 amide bonds. The highest BCUT2D eigenvalue weighted by atomic mass is 32.3.